The Morgan fingerprint density at radius 1 is 1.47 bits per heavy atom. The first-order valence-corrected chi connectivity index (χ1v) is 6.79. The molecule has 0 bridgehead atoms. The zero-order valence-electron chi connectivity index (χ0n) is 10.6. The molecule has 3 heteroatoms. The van der Waals surface area contributed by atoms with Crippen LogP contribution in [-0.2, 0) is 0 Å². The second-order valence-corrected chi connectivity index (χ2v) is 6.33. The molecule has 1 aliphatic heterocycles. The molecule has 1 saturated heterocycles. The SMILES string of the molecule is C[C@H]1CC2=C(Cl)CCC=C2[C@@H]2CNC[C@]12C.Cl. The van der Waals surface area contributed by atoms with Crippen LogP contribution in [0.4, 0.5) is 0 Å². The van der Waals surface area contributed by atoms with Gasteiger partial charge in [0.15, 0.2) is 0 Å². The van der Waals surface area contributed by atoms with Gasteiger partial charge in [0.2, 0.25) is 0 Å². The van der Waals surface area contributed by atoms with Gasteiger partial charge in [0, 0.05) is 24.0 Å². The van der Waals surface area contributed by atoms with Crippen LogP contribution in [0.25, 0.3) is 0 Å². The molecule has 0 aromatic heterocycles. The number of nitrogens with one attached hydrogen (secondary N) is 1. The average Bonchev–Trinajstić information content (AvgIpc) is 2.64. The summed E-state index contributed by atoms with van der Waals surface area (Å²) in [7, 11) is 0. The molecule has 0 amide bonds. The van der Waals surface area contributed by atoms with Crippen LogP contribution in [0.2, 0.25) is 0 Å². The monoisotopic (exact) mass is 273 g/mol. The molecule has 3 aliphatic rings. The van der Waals surface area contributed by atoms with E-state index in [-0.39, 0.29) is 12.4 Å². The topological polar surface area (TPSA) is 12.0 Å². The molecule has 1 N–H and O–H groups in total. The van der Waals surface area contributed by atoms with Crippen LogP contribution in [0.15, 0.2) is 22.3 Å². The van der Waals surface area contributed by atoms with E-state index in [0.29, 0.717) is 11.3 Å². The molecule has 1 saturated carbocycles. The molecule has 3 atom stereocenters. The van der Waals surface area contributed by atoms with E-state index >= 15 is 0 Å². The highest BCUT2D eigenvalue weighted by Crippen LogP contribution is 2.54. The van der Waals surface area contributed by atoms with E-state index in [1.54, 1.807) is 5.57 Å². The maximum atomic E-state index is 6.41. The third-order valence-corrected chi connectivity index (χ3v) is 5.48. The van der Waals surface area contributed by atoms with Crippen molar-refractivity contribution in [3.8, 4) is 0 Å². The van der Waals surface area contributed by atoms with Crippen molar-refractivity contribution in [2.45, 2.75) is 33.1 Å². The molecule has 3 rings (SSSR count). The molecule has 0 radical (unpaired) electrons. The molecule has 0 aromatic rings. The van der Waals surface area contributed by atoms with Crippen molar-refractivity contribution in [3.05, 3.63) is 22.3 Å². The highest BCUT2D eigenvalue weighted by Gasteiger charge is 2.49. The summed E-state index contributed by atoms with van der Waals surface area (Å²) in [5.74, 6) is 1.44. The number of rotatable bonds is 0. The summed E-state index contributed by atoms with van der Waals surface area (Å²) in [4.78, 5) is 0. The fourth-order valence-corrected chi connectivity index (χ4v) is 4.03. The summed E-state index contributed by atoms with van der Waals surface area (Å²) in [6, 6.07) is 0. The molecular formula is C14H21Cl2N. The van der Waals surface area contributed by atoms with Gasteiger partial charge in [0.25, 0.3) is 0 Å². The van der Waals surface area contributed by atoms with E-state index in [2.05, 4.69) is 25.2 Å². The minimum absolute atomic E-state index is 0. The quantitative estimate of drug-likeness (QED) is 0.706. The van der Waals surface area contributed by atoms with Gasteiger partial charge < -0.3 is 5.32 Å². The van der Waals surface area contributed by atoms with Crippen molar-refractivity contribution in [1.29, 1.82) is 0 Å². The summed E-state index contributed by atoms with van der Waals surface area (Å²) in [6.45, 7) is 7.15. The van der Waals surface area contributed by atoms with Crippen molar-refractivity contribution in [1.82, 2.24) is 5.32 Å². The Morgan fingerprint density at radius 3 is 3.00 bits per heavy atom. The number of hydrogen-bond acceptors (Lipinski definition) is 1. The van der Waals surface area contributed by atoms with Crippen molar-refractivity contribution < 1.29 is 0 Å². The number of allylic oxidation sites excluding steroid dienone is 3. The van der Waals surface area contributed by atoms with Gasteiger partial charge in [-0.2, -0.15) is 0 Å². The third kappa shape index (κ3) is 1.87. The fraction of sp³-hybridized carbons (Fsp3) is 0.714. The van der Waals surface area contributed by atoms with Gasteiger partial charge in [0.05, 0.1) is 0 Å². The normalized spacial score (nSPS) is 40.3. The zero-order chi connectivity index (χ0) is 11.3. The third-order valence-electron chi connectivity index (χ3n) is 5.07. The Kier molecular flexibility index (Phi) is 3.64. The van der Waals surface area contributed by atoms with E-state index in [0.717, 1.165) is 30.3 Å². The second-order valence-electron chi connectivity index (χ2n) is 5.88. The lowest BCUT2D eigenvalue weighted by atomic mass is 9.59. The number of fused-ring (bicyclic) bond motifs is 3. The van der Waals surface area contributed by atoms with Crippen LogP contribution < -0.4 is 5.32 Å². The summed E-state index contributed by atoms with van der Waals surface area (Å²) < 4.78 is 0. The Morgan fingerprint density at radius 2 is 2.24 bits per heavy atom. The predicted octanol–water partition coefficient (Wildman–Crippen LogP) is 3.89. The molecular weight excluding hydrogens is 253 g/mol. The maximum absolute atomic E-state index is 6.41. The second kappa shape index (κ2) is 4.60. The van der Waals surface area contributed by atoms with Crippen LogP contribution >= 0.6 is 24.0 Å². The van der Waals surface area contributed by atoms with E-state index in [9.17, 15) is 0 Å². The van der Waals surface area contributed by atoms with Crippen LogP contribution in [0.5, 0.6) is 0 Å². The van der Waals surface area contributed by atoms with Gasteiger partial charge in [-0.25, -0.2) is 0 Å². The molecule has 0 aromatic carbocycles. The van der Waals surface area contributed by atoms with Crippen molar-refractivity contribution >= 4 is 24.0 Å². The van der Waals surface area contributed by atoms with Crippen LogP contribution in [0.3, 0.4) is 0 Å². The first kappa shape index (κ1) is 13.5. The molecule has 1 nitrogen and oxygen atoms in total. The van der Waals surface area contributed by atoms with Crippen molar-refractivity contribution in [3.63, 3.8) is 0 Å². The summed E-state index contributed by atoms with van der Waals surface area (Å²) in [5.41, 5.74) is 3.50. The molecule has 1 heterocycles. The lowest BCUT2D eigenvalue weighted by Crippen LogP contribution is -2.39. The van der Waals surface area contributed by atoms with Crippen LogP contribution in [0.1, 0.15) is 33.1 Å². The summed E-state index contributed by atoms with van der Waals surface area (Å²) >= 11 is 6.41. The van der Waals surface area contributed by atoms with E-state index in [1.807, 2.05) is 0 Å². The number of hydrogen-bond donors (Lipinski definition) is 1. The minimum atomic E-state index is 0. The molecule has 2 fully saturated rings. The van der Waals surface area contributed by atoms with Gasteiger partial charge in [-0.15, -0.1) is 12.4 Å². The van der Waals surface area contributed by atoms with E-state index < -0.39 is 0 Å². The summed E-state index contributed by atoms with van der Waals surface area (Å²) in [5, 5.41) is 4.71. The predicted molar refractivity (Wildman–Crippen MR) is 75.7 cm³/mol. The zero-order valence-corrected chi connectivity index (χ0v) is 12.1. The lowest BCUT2D eigenvalue weighted by Gasteiger charge is -2.45. The largest absolute Gasteiger partial charge is 0.316 e. The van der Waals surface area contributed by atoms with Gasteiger partial charge in [-0.3, -0.25) is 0 Å². The van der Waals surface area contributed by atoms with E-state index in [4.69, 9.17) is 11.6 Å². The minimum Gasteiger partial charge on any atom is -0.316 e. The first-order chi connectivity index (χ1) is 7.63. The fourth-order valence-electron chi connectivity index (χ4n) is 3.73. The van der Waals surface area contributed by atoms with Gasteiger partial charge in [-0.05, 0) is 41.7 Å². The molecule has 17 heavy (non-hydrogen) atoms. The van der Waals surface area contributed by atoms with Crippen molar-refractivity contribution in [2.24, 2.45) is 17.3 Å². The van der Waals surface area contributed by atoms with Crippen LogP contribution in [-0.4, -0.2) is 13.1 Å². The Balaban J connectivity index is 0.00000108. The maximum Gasteiger partial charge on any atom is 0.0218 e. The highest BCUT2D eigenvalue weighted by atomic mass is 35.5. The van der Waals surface area contributed by atoms with Gasteiger partial charge in [-0.1, -0.05) is 31.5 Å². The molecule has 96 valence electrons. The van der Waals surface area contributed by atoms with Gasteiger partial charge >= 0.3 is 0 Å². The highest BCUT2D eigenvalue weighted by molar-refractivity contribution is 6.30. The smallest absolute Gasteiger partial charge is 0.0218 e. The first-order valence-electron chi connectivity index (χ1n) is 6.41. The Labute approximate surface area is 115 Å². The Hall–Kier alpha value is 0.0200. The number of halogens is 2. The molecule has 2 aliphatic carbocycles. The standard InChI is InChI=1S/C14H20ClN.ClH/c1-9-6-11-10(4-3-5-13(11)15)12-7-16-8-14(9,12)2;/h4,9,12,16H,3,5-8H2,1-2H3;1H/t9-,12-,14+;/m0./s1. The Bertz CT molecular complexity index is 386. The summed E-state index contributed by atoms with van der Waals surface area (Å²) in [6.07, 6.45) is 5.82. The van der Waals surface area contributed by atoms with Crippen LogP contribution in [0, 0.1) is 17.3 Å². The molecule has 0 spiro atoms. The average molecular weight is 274 g/mol. The van der Waals surface area contributed by atoms with E-state index in [1.165, 1.54) is 18.5 Å². The van der Waals surface area contributed by atoms with Crippen molar-refractivity contribution in [2.75, 3.05) is 13.1 Å². The van der Waals surface area contributed by atoms with Gasteiger partial charge in [0.1, 0.15) is 0 Å². The molecule has 0 unspecified atom stereocenters. The lowest BCUT2D eigenvalue weighted by molar-refractivity contribution is 0.159.